The highest BCUT2D eigenvalue weighted by Crippen LogP contribution is 2.32. The van der Waals surface area contributed by atoms with Crippen molar-refractivity contribution in [3.05, 3.63) is 41.3 Å². The number of carbonyl (C=O) groups excluding carboxylic acids is 1. The van der Waals surface area contributed by atoms with Gasteiger partial charge in [-0.1, -0.05) is 12.1 Å². The summed E-state index contributed by atoms with van der Waals surface area (Å²) in [6.45, 7) is 1.07. The van der Waals surface area contributed by atoms with Gasteiger partial charge in [0.15, 0.2) is 5.01 Å². The molecule has 2 fully saturated rings. The van der Waals surface area contributed by atoms with Gasteiger partial charge < -0.3 is 10.6 Å². The molecule has 3 unspecified atom stereocenters. The van der Waals surface area contributed by atoms with E-state index in [-0.39, 0.29) is 17.8 Å². The van der Waals surface area contributed by atoms with Gasteiger partial charge in [-0.05, 0) is 43.0 Å². The third-order valence-electron chi connectivity index (χ3n) is 4.47. The van der Waals surface area contributed by atoms with Crippen molar-refractivity contribution in [1.82, 2.24) is 15.6 Å². The van der Waals surface area contributed by atoms with Gasteiger partial charge in [0.25, 0.3) is 5.91 Å². The Kier molecular flexibility index (Phi) is 3.43. The van der Waals surface area contributed by atoms with Gasteiger partial charge in [0.05, 0.1) is 4.88 Å². The van der Waals surface area contributed by atoms with Gasteiger partial charge in [-0.25, -0.2) is 9.37 Å². The van der Waals surface area contributed by atoms with Crippen molar-refractivity contribution in [3.63, 3.8) is 0 Å². The van der Waals surface area contributed by atoms with Crippen molar-refractivity contribution in [2.45, 2.75) is 24.9 Å². The van der Waals surface area contributed by atoms with Gasteiger partial charge in [0.2, 0.25) is 0 Å². The summed E-state index contributed by atoms with van der Waals surface area (Å²) in [4.78, 5) is 17.4. The van der Waals surface area contributed by atoms with Crippen LogP contribution in [-0.4, -0.2) is 29.5 Å². The van der Waals surface area contributed by atoms with Crippen LogP contribution in [0.5, 0.6) is 0 Å². The Hall–Kier alpha value is -1.79. The van der Waals surface area contributed by atoms with Crippen molar-refractivity contribution in [1.29, 1.82) is 0 Å². The fourth-order valence-corrected chi connectivity index (χ4v) is 4.19. The van der Waals surface area contributed by atoms with Crippen molar-refractivity contribution in [2.75, 3.05) is 6.54 Å². The third kappa shape index (κ3) is 2.53. The largest absolute Gasteiger partial charge is 0.346 e. The van der Waals surface area contributed by atoms with E-state index in [0.717, 1.165) is 29.8 Å². The SMILES string of the molecule is O=C(NC1CC2CNC1C2)c1ncc(-c2ccc(F)cc2)s1. The topological polar surface area (TPSA) is 54.0 Å². The molecule has 2 aromatic rings. The molecular weight excluding hydrogens is 301 g/mol. The summed E-state index contributed by atoms with van der Waals surface area (Å²) in [7, 11) is 0. The highest BCUT2D eigenvalue weighted by atomic mass is 32.1. The molecule has 2 heterocycles. The van der Waals surface area contributed by atoms with Crippen molar-refractivity contribution in [3.8, 4) is 10.4 Å². The highest BCUT2D eigenvalue weighted by molar-refractivity contribution is 7.16. The average molecular weight is 317 g/mol. The van der Waals surface area contributed by atoms with Crippen LogP contribution in [0.15, 0.2) is 30.5 Å². The predicted octanol–water partition coefficient (Wildman–Crippen LogP) is 2.43. The summed E-state index contributed by atoms with van der Waals surface area (Å²) in [5.41, 5.74) is 0.875. The Labute approximate surface area is 131 Å². The molecule has 1 aliphatic carbocycles. The van der Waals surface area contributed by atoms with Gasteiger partial charge >= 0.3 is 0 Å². The van der Waals surface area contributed by atoms with Crippen LogP contribution >= 0.6 is 11.3 Å². The number of hydrogen-bond donors (Lipinski definition) is 2. The van der Waals surface area contributed by atoms with Gasteiger partial charge in [0.1, 0.15) is 5.82 Å². The predicted molar refractivity (Wildman–Crippen MR) is 83.3 cm³/mol. The number of rotatable bonds is 3. The fourth-order valence-electron chi connectivity index (χ4n) is 3.37. The van der Waals surface area contributed by atoms with Crippen LogP contribution in [0.25, 0.3) is 10.4 Å². The van der Waals surface area contributed by atoms with Gasteiger partial charge in [0, 0.05) is 18.3 Å². The first-order valence-corrected chi connectivity index (χ1v) is 8.27. The molecular formula is C16H16FN3OS. The standard InChI is InChI=1S/C16H16FN3OS/c17-11-3-1-10(2-4-11)14-8-19-16(22-14)15(21)20-13-6-9-5-12(13)18-7-9/h1-4,8-9,12-13,18H,5-7H2,(H,20,21). The molecule has 1 saturated heterocycles. The summed E-state index contributed by atoms with van der Waals surface area (Å²) in [5.74, 6) is 0.314. The molecule has 0 spiro atoms. The quantitative estimate of drug-likeness (QED) is 0.914. The molecule has 3 atom stereocenters. The van der Waals surface area contributed by atoms with E-state index in [4.69, 9.17) is 0 Å². The number of benzene rings is 1. The molecule has 22 heavy (non-hydrogen) atoms. The van der Waals surface area contributed by atoms with E-state index in [2.05, 4.69) is 15.6 Å². The number of halogens is 1. The summed E-state index contributed by atoms with van der Waals surface area (Å²) in [6.07, 6.45) is 3.88. The van der Waals surface area contributed by atoms with Crippen LogP contribution in [0.1, 0.15) is 22.6 Å². The van der Waals surface area contributed by atoms with E-state index in [9.17, 15) is 9.18 Å². The number of amides is 1. The van der Waals surface area contributed by atoms with E-state index in [1.165, 1.54) is 23.5 Å². The lowest BCUT2D eigenvalue weighted by Crippen LogP contribution is -2.47. The molecule has 2 aliphatic rings. The summed E-state index contributed by atoms with van der Waals surface area (Å²) in [5, 5.41) is 6.98. The maximum absolute atomic E-state index is 13.0. The molecule has 2 bridgehead atoms. The van der Waals surface area contributed by atoms with Crippen molar-refractivity contribution in [2.24, 2.45) is 5.92 Å². The molecule has 1 aromatic heterocycles. The Morgan fingerprint density at radius 3 is 2.82 bits per heavy atom. The van der Waals surface area contributed by atoms with E-state index < -0.39 is 0 Å². The maximum Gasteiger partial charge on any atom is 0.280 e. The molecule has 2 N–H and O–H groups in total. The Bertz CT molecular complexity index is 700. The molecule has 1 aromatic carbocycles. The lowest BCUT2D eigenvalue weighted by molar-refractivity contribution is 0.0928. The van der Waals surface area contributed by atoms with Gasteiger partial charge in [-0.15, -0.1) is 11.3 Å². The highest BCUT2D eigenvalue weighted by Gasteiger charge is 2.40. The number of thiazole rings is 1. The molecule has 1 saturated carbocycles. The molecule has 1 amide bonds. The van der Waals surface area contributed by atoms with Crippen LogP contribution in [0, 0.1) is 11.7 Å². The average Bonchev–Trinajstić information content (AvgIpc) is 3.24. The van der Waals surface area contributed by atoms with E-state index >= 15 is 0 Å². The first-order valence-electron chi connectivity index (χ1n) is 7.45. The fraction of sp³-hybridized carbons (Fsp3) is 0.375. The second kappa shape index (κ2) is 5.44. The number of nitrogens with zero attached hydrogens (tertiary/aromatic N) is 1. The first kappa shape index (κ1) is 13.8. The van der Waals surface area contributed by atoms with Crippen LogP contribution < -0.4 is 10.6 Å². The maximum atomic E-state index is 13.0. The summed E-state index contributed by atoms with van der Waals surface area (Å²) in [6, 6.07) is 6.84. The number of nitrogens with one attached hydrogen (secondary N) is 2. The zero-order valence-electron chi connectivity index (χ0n) is 11.9. The molecule has 0 radical (unpaired) electrons. The second-order valence-corrected chi connectivity index (χ2v) is 7.00. The molecule has 4 rings (SSSR count). The van der Waals surface area contributed by atoms with E-state index in [1.807, 2.05) is 0 Å². The molecule has 114 valence electrons. The third-order valence-corrected chi connectivity index (χ3v) is 5.52. The van der Waals surface area contributed by atoms with Crippen LogP contribution in [0.4, 0.5) is 4.39 Å². The summed E-state index contributed by atoms with van der Waals surface area (Å²) < 4.78 is 13.0. The van der Waals surface area contributed by atoms with Crippen LogP contribution in [0.2, 0.25) is 0 Å². The second-order valence-electron chi connectivity index (χ2n) is 5.97. The molecule has 6 heteroatoms. The number of piperidine rings is 1. The minimum Gasteiger partial charge on any atom is -0.346 e. The summed E-state index contributed by atoms with van der Waals surface area (Å²) >= 11 is 1.34. The number of carbonyl (C=O) groups is 1. The lowest BCUT2D eigenvalue weighted by atomic mass is 10.1. The van der Waals surface area contributed by atoms with Gasteiger partial charge in [-0.3, -0.25) is 4.79 Å². The van der Waals surface area contributed by atoms with Crippen molar-refractivity contribution < 1.29 is 9.18 Å². The van der Waals surface area contributed by atoms with E-state index in [1.54, 1.807) is 18.3 Å². The Morgan fingerprint density at radius 2 is 2.14 bits per heavy atom. The van der Waals surface area contributed by atoms with Crippen LogP contribution in [0.3, 0.4) is 0 Å². The number of fused-ring (bicyclic) bond motifs is 2. The van der Waals surface area contributed by atoms with Crippen molar-refractivity contribution >= 4 is 17.2 Å². The minimum atomic E-state index is -0.269. The number of aromatic nitrogens is 1. The first-order chi connectivity index (χ1) is 10.7. The van der Waals surface area contributed by atoms with Crippen LogP contribution in [-0.2, 0) is 0 Å². The normalized spacial score (nSPS) is 26.3. The monoisotopic (exact) mass is 317 g/mol. The molecule has 4 nitrogen and oxygen atoms in total. The Balaban J connectivity index is 1.46. The zero-order chi connectivity index (χ0) is 15.1. The minimum absolute atomic E-state index is 0.113. The zero-order valence-corrected chi connectivity index (χ0v) is 12.7. The number of hydrogen-bond acceptors (Lipinski definition) is 4. The van der Waals surface area contributed by atoms with E-state index in [0.29, 0.717) is 17.0 Å². The Morgan fingerprint density at radius 1 is 1.32 bits per heavy atom. The lowest BCUT2D eigenvalue weighted by Gasteiger charge is -2.23. The van der Waals surface area contributed by atoms with Gasteiger partial charge in [-0.2, -0.15) is 0 Å². The molecule has 1 aliphatic heterocycles. The smallest absolute Gasteiger partial charge is 0.280 e.